The molecule has 0 spiro atoms. The van der Waals surface area contributed by atoms with Gasteiger partial charge in [-0.3, -0.25) is 0 Å². The Labute approximate surface area is 116 Å². The summed E-state index contributed by atoms with van der Waals surface area (Å²) >= 11 is 0. The lowest BCUT2D eigenvalue weighted by atomic mass is 9.67. The summed E-state index contributed by atoms with van der Waals surface area (Å²) in [6.45, 7) is 5.00. The average Bonchev–Trinajstić information content (AvgIpc) is 2.43. The largest absolute Gasteiger partial charge is 0.382 e. The monoisotopic (exact) mass is 262 g/mol. The third-order valence-electron chi connectivity index (χ3n) is 4.91. The van der Waals surface area contributed by atoms with Crippen LogP contribution in [0.3, 0.4) is 0 Å². The van der Waals surface area contributed by atoms with Crippen LogP contribution in [0.5, 0.6) is 0 Å². The van der Waals surface area contributed by atoms with E-state index < -0.39 is 5.60 Å². The number of benzene rings is 1. The zero-order valence-corrected chi connectivity index (χ0v) is 12.3. The Morgan fingerprint density at radius 2 is 1.84 bits per heavy atom. The third kappa shape index (κ3) is 3.01. The Morgan fingerprint density at radius 1 is 1.16 bits per heavy atom. The summed E-state index contributed by atoms with van der Waals surface area (Å²) in [7, 11) is 1.67. The van der Waals surface area contributed by atoms with Crippen LogP contribution in [0.2, 0.25) is 0 Å². The first-order valence-corrected chi connectivity index (χ1v) is 7.34. The van der Waals surface area contributed by atoms with Gasteiger partial charge in [-0.1, -0.05) is 50.6 Å². The lowest BCUT2D eigenvalue weighted by molar-refractivity contribution is -0.0988. The van der Waals surface area contributed by atoms with Crippen LogP contribution >= 0.6 is 0 Å². The summed E-state index contributed by atoms with van der Waals surface area (Å²) in [5, 5.41) is 11.2. The van der Waals surface area contributed by atoms with Crippen molar-refractivity contribution in [2.24, 2.45) is 17.8 Å². The van der Waals surface area contributed by atoms with E-state index in [0.29, 0.717) is 18.4 Å². The van der Waals surface area contributed by atoms with Gasteiger partial charge in [0.2, 0.25) is 0 Å². The molecule has 4 unspecified atom stereocenters. The smallest absolute Gasteiger partial charge is 0.116 e. The van der Waals surface area contributed by atoms with E-state index in [9.17, 15) is 5.11 Å². The number of ether oxygens (including phenoxy) is 1. The Balaban J connectivity index is 2.24. The number of aliphatic hydroxyl groups is 1. The molecular weight excluding hydrogens is 236 g/mol. The molecule has 0 saturated heterocycles. The molecule has 2 rings (SSSR count). The summed E-state index contributed by atoms with van der Waals surface area (Å²) in [6.07, 6.45) is 3.36. The molecule has 2 nitrogen and oxygen atoms in total. The van der Waals surface area contributed by atoms with Crippen LogP contribution in [0.25, 0.3) is 0 Å². The maximum Gasteiger partial charge on any atom is 0.116 e. The van der Waals surface area contributed by atoms with Crippen molar-refractivity contribution in [1.29, 1.82) is 0 Å². The molecule has 4 atom stereocenters. The van der Waals surface area contributed by atoms with E-state index in [1.54, 1.807) is 7.11 Å². The first kappa shape index (κ1) is 14.5. The molecule has 1 aliphatic carbocycles. The van der Waals surface area contributed by atoms with Gasteiger partial charge < -0.3 is 9.84 Å². The topological polar surface area (TPSA) is 29.5 Å². The van der Waals surface area contributed by atoms with Gasteiger partial charge >= 0.3 is 0 Å². The minimum absolute atomic E-state index is 0.293. The molecule has 0 amide bonds. The zero-order chi connectivity index (χ0) is 13.9. The minimum Gasteiger partial charge on any atom is -0.382 e. The fourth-order valence-electron chi connectivity index (χ4n) is 3.36. The Kier molecular flexibility index (Phi) is 4.64. The van der Waals surface area contributed by atoms with Crippen molar-refractivity contribution in [3.63, 3.8) is 0 Å². The first-order chi connectivity index (χ1) is 9.08. The number of methoxy groups -OCH3 is 1. The first-order valence-electron chi connectivity index (χ1n) is 7.34. The molecule has 0 radical (unpaired) electrons. The molecule has 0 heterocycles. The number of rotatable bonds is 4. The van der Waals surface area contributed by atoms with E-state index in [2.05, 4.69) is 13.8 Å². The van der Waals surface area contributed by atoms with Crippen LogP contribution in [0, 0.1) is 17.8 Å². The van der Waals surface area contributed by atoms with Gasteiger partial charge in [-0.2, -0.15) is 0 Å². The van der Waals surface area contributed by atoms with Crippen molar-refractivity contribution < 1.29 is 9.84 Å². The summed E-state index contributed by atoms with van der Waals surface area (Å²) in [4.78, 5) is 0. The molecule has 106 valence electrons. The van der Waals surface area contributed by atoms with E-state index in [0.717, 1.165) is 24.3 Å². The highest BCUT2D eigenvalue weighted by Crippen LogP contribution is 2.43. The van der Waals surface area contributed by atoms with E-state index in [1.165, 1.54) is 6.42 Å². The Hall–Kier alpha value is -0.860. The SMILES string of the molecule is COCC(O)(c1ccccc1)C1CCC(C)C(C)C1. The second kappa shape index (κ2) is 6.06. The molecule has 1 N–H and O–H groups in total. The molecule has 2 heteroatoms. The third-order valence-corrected chi connectivity index (χ3v) is 4.91. The number of hydrogen-bond donors (Lipinski definition) is 1. The van der Waals surface area contributed by atoms with Gasteiger partial charge in [-0.25, -0.2) is 0 Å². The van der Waals surface area contributed by atoms with Gasteiger partial charge in [0.25, 0.3) is 0 Å². The lowest BCUT2D eigenvalue weighted by Crippen LogP contribution is -2.42. The van der Waals surface area contributed by atoms with Crippen molar-refractivity contribution in [1.82, 2.24) is 0 Å². The van der Waals surface area contributed by atoms with Gasteiger partial charge in [0.1, 0.15) is 5.60 Å². The van der Waals surface area contributed by atoms with E-state index >= 15 is 0 Å². The molecule has 1 fully saturated rings. The molecule has 1 saturated carbocycles. The van der Waals surface area contributed by atoms with E-state index in [4.69, 9.17) is 4.74 Å². The van der Waals surface area contributed by atoms with Crippen LogP contribution < -0.4 is 0 Å². The quantitative estimate of drug-likeness (QED) is 0.898. The van der Waals surface area contributed by atoms with Gasteiger partial charge in [0, 0.05) is 7.11 Å². The summed E-state index contributed by atoms with van der Waals surface area (Å²) in [5.41, 5.74) is 0.147. The summed E-state index contributed by atoms with van der Waals surface area (Å²) in [6, 6.07) is 10.0. The van der Waals surface area contributed by atoms with Gasteiger partial charge in [-0.15, -0.1) is 0 Å². The summed E-state index contributed by atoms with van der Waals surface area (Å²) < 4.78 is 5.33. The number of hydrogen-bond acceptors (Lipinski definition) is 2. The van der Waals surface area contributed by atoms with Crippen molar-refractivity contribution in [3.8, 4) is 0 Å². The summed E-state index contributed by atoms with van der Waals surface area (Å²) in [5.74, 6) is 1.73. The highest BCUT2D eigenvalue weighted by atomic mass is 16.5. The van der Waals surface area contributed by atoms with E-state index in [1.807, 2.05) is 30.3 Å². The molecular formula is C17H26O2. The highest BCUT2D eigenvalue weighted by Gasteiger charge is 2.41. The maximum absolute atomic E-state index is 11.2. The van der Waals surface area contributed by atoms with Gasteiger partial charge in [-0.05, 0) is 36.2 Å². The molecule has 19 heavy (non-hydrogen) atoms. The fourth-order valence-corrected chi connectivity index (χ4v) is 3.36. The lowest BCUT2D eigenvalue weighted by Gasteiger charge is -2.42. The average molecular weight is 262 g/mol. The second-order valence-corrected chi connectivity index (χ2v) is 6.19. The fraction of sp³-hybridized carbons (Fsp3) is 0.647. The normalized spacial score (nSPS) is 30.8. The van der Waals surface area contributed by atoms with Crippen molar-refractivity contribution in [2.45, 2.75) is 38.7 Å². The predicted molar refractivity (Wildman–Crippen MR) is 77.9 cm³/mol. The van der Waals surface area contributed by atoms with Crippen molar-refractivity contribution >= 4 is 0 Å². The van der Waals surface area contributed by atoms with Crippen molar-refractivity contribution in [2.75, 3.05) is 13.7 Å². The van der Waals surface area contributed by atoms with Gasteiger partial charge in [0.15, 0.2) is 0 Å². The van der Waals surface area contributed by atoms with Crippen LogP contribution in [0.4, 0.5) is 0 Å². The van der Waals surface area contributed by atoms with Crippen LogP contribution in [0.1, 0.15) is 38.7 Å². The Morgan fingerprint density at radius 3 is 2.42 bits per heavy atom. The Bertz CT molecular complexity index is 390. The standard InChI is InChI=1S/C17H26O2/c1-13-9-10-16(11-14(13)2)17(18,12-19-3)15-7-5-4-6-8-15/h4-8,13-14,16,18H,9-12H2,1-3H3. The molecule has 0 bridgehead atoms. The molecule has 0 aromatic heterocycles. The predicted octanol–water partition coefficient (Wildman–Crippen LogP) is 3.59. The van der Waals surface area contributed by atoms with Crippen LogP contribution in [0.15, 0.2) is 30.3 Å². The maximum atomic E-state index is 11.2. The molecule has 0 aliphatic heterocycles. The molecule has 1 aromatic rings. The van der Waals surface area contributed by atoms with Crippen molar-refractivity contribution in [3.05, 3.63) is 35.9 Å². The minimum atomic E-state index is -0.843. The zero-order valence-electron chi connectivity index (χ0n) is 12.3. The molecule has 1 aliphatic rings. The van der Waals surface area contributed by atoms with E-state index in [-0.39, 0.29) is 0 Å². The van der Waals surface area contributed by atoms with Crippen LogP contribution in [-0.2, 0) is 10.3 Å². The van der Waals surface area contributed by atoms with Crippen LogP contribution in [-0.4, -0.2) is 18.8 Å². The highest BCUT2D eigenvalue weighted by molar-refractivity contribution is 5.23. The molecule has 1 aromatic carbocycles. The second-order valence-electron chi connectivity index (χ2n) is 6.19. The van der Waals surface area contributed by atoms with Gasteiger partial charge in [0.05, 0.1) is 6.61 Å².